The summed E-state index contributed by atoms with van der Waals surface area (Å²) in [7, 11) is 0. The van der Waals surface area contributed by atoms with Gasteiger partial charge in [0.05, 0.1) is 8.95 Å². The molecule has 0 saturated heterocycles. The summed E-state index contributed by atoms with van der Waals surface area (Å²) in [4.78, 5) is 22.6. The molecule has 2 aromatic rings. The van der Waals surface area contributed by atoms with Gasteiger partial charge >= 0.3 is 5.97 Å². The van der Waals surface area contributed by atoms with Crippen LogP contribution in [0.25, 0.3) is 0 Å². The molecule has 0 unspecified atom stereocenters. The summed E-state index contributed by atoms with van der Waals surface area (Å²) in [5, 5.41) is 14.4. The summed E-state index contributed by atoms with van der Waals surface area (Å²) in [6.07, 6.45) is 1.05. The lowest BCUT2D eigenvalue weighted by molar-refractivity contribution is -0.135. The molecule has 0 heterocycles. The maximum absolute atomic E-state index is 12.0. The third kappa shape index (κ3) is 6.53. The molecule has 3 N–H and O–H groups in total. The number of amides is 1. The van der Waals surface area contributed by atoms with Gasteiger partial charge in [-0.25, -0.2) is 0 Å². The predicted molar refractivity (Wildman–Crippen MR) is 116 cm³/mol. The zero-order chi connectivity index (χ0) is 20.7. The molecule has 0 spiro atoms. The highest BCUT2D eigenvalue weighted by atomic mass is 79.9. The number of anilines is 1. The molecule has 0 saturated carbocycles. The predicted octanol–water partition coefficient (Wildman–Crippen LogP) is 4.74. The molecule has 0 aliphatic carbocycles. The molecule has 2 rings (SSSR count). The van der Waals surface area contributed by atoms with Crippen molar-refractivity contribution in [2.24, 2.45) is 0 Å². The summed E-state index contributed by atoms with van der Waals surface area (Å²) < 4.78 is 7.15. The quantitative estimate of drug-likeness (QED) is 0.451. The number of aryl methyl sites for hydroxylation is 1. The van der Waals surface area contributed by atoms with E-state index in [-0.39, 0.29) is 0 Å². The third-order valence-corrected chi connectivity index (χ3v) is 4.94. The fourth-order valence-corrected chi connectivity index (χ4v) is 3.97. The van der Waals surface area contributed by atoms with Crippen molar-refractivity contribution >= 4 is 49.4 Å². The van der Waals surface area contributed by atoms with Crippen LogP contribution >= 0.6 is 31.9 Å². The Labute approximate surface area is 180 Å². The van der Waals surface area contributed by atoms with Crippen LogP contribution < -0.4 is 15.4 Å². The number of rotatable bonds is 9. The number of benzene rings is 2. The first kappa shape index (κ1) is 22.2. The van der Waals surface area contributed by atoms with Crippen LogP contribution in [0.3, 0.4) is 0 Å². The van der Waals surface area contributed by atoms with Gasteiger partial charge in [0.2, 0.25) is 0 Å². The Morgan fingerprint density at radius 2 is 1.79 bits per heavy atom. The van der Waals surface area contributed by atoms with Crippen molar-refractivity contribution in [2.45, 2.75) is 26.9 Å². The van der Waals surface area contributed by atoms with E-state index in [0.29, 0.717) is 26.9 Å². The van der Waals surface area contributed by atoms with Crippen molar-refractivity contribution in [3.8, 4) is 5.75 Å². The van der Waals surface area contributed by atoms with Crippen LogP contribution in [-0.4, -0.2) is 30.1 Å². The lowest BCUT2D eigenvalue weighted by atomic mass is 10.1. The lowest BCUT2D eigenvalue weighted by Gasteiger charge is -2.14. The third-order valence-electron chi connectivity index (χ3n) is 3.76. The number of carbonyl (C=O) groups excluding carboxylic acids is 1. The minimum absolute atomic E-state index is 0.328. The van der Waals surface area contributed by atoms with Crippen LogP contribution in [0.4, 0.5) is 5.69 Å². The van der Waals surface area contributed by atoms with E-state index in [0.717, 1.165) is 29.8 Å². The van der Waals surface area contributed by atoms with E-state index >= 15 is 0 Å². The SMILES string of the molecule is CCCNc1cc(C)cc(COc2c(Br)cc(C(=O)NCC(=O)O)cc2Br)c1. The molecular weight excluding hydrogens is 492 g/mol. The molecule has 1 amide bonds. The topological polar surface area (TPSA) is 87.7 Å². The van der Waals surface area contributed by atoms with Crippen LogP contribution in [0.5, 0.6) is 5.75 Å². The average Bonchev–Trinajstić information content (AvgIpc) is 2.63. The van der Waals surface area contributed by atoms with Crippen LogP contribution in [0.1, 0.15) is 34.8 Å². The van der Waals surface area contributed by atoms with Crippen LogP contribution in [0.15, 0.2) is 39.3 Å². The first-order chi connectivity index (χ1) is 13.3. The van der Waals surface area contributed by atoms with Crippen molar-refractivity contribution in [3.63, 3.8) is 0 Å². The van der Waals surface area contributed by atoms with E-state index in [1.165, 1.54) is 0 Å². The second-order valence-electron chi connectivity index (χ2n) is 6.27. The van der Waals surface area contributed by atoms with Gasteiger partial charge in [0, 0.05) is 17.8 Å². The largest absolute Gasteiger partial charge is 0.487 e. The molecule has 0 aliphatic heterocycles. The number of hydrogen-bond donors (Lipinski definition) is 3. The van der Waals surface area contributed by atoms with E-state index in [1.54, 1.807) is 12.1 Å². The summed E-state index contributed by atoms with van der Waals surface area (Å²) in [5.41, 5.74) is 3.56. The Hall–Kier alpha value is -2.06. The highest BCUT2D eigenvalue weighted by Gasteiger charge is 2.14. The van der Waals surface area contributed by atoms with Crippen molar-refractivity contribution in [3.05, 3.63) is 56.0 Å². The number of carbonyl (C=O) groups is 2. The summed E-state index contributed by atoms with van der Waals surface area (Å²) in [6.45, 7) is 5.00. The highest BCUT2D eigenvalue weighted by molar-refractivity contribution is 9.11. The van der Waals surface area contributed by atoms with E-state index in [4.69, 9.17) is 9.84 Å². The molecule has 6 nitrogen and oxygen atoms in total. The van der Waals surface area contributed by atoms with Gasteiger partial charge < -0.3 is 20.5 Å². The number of carboxylic acid groups (broad SMARTS) is 1. The molecule has 0 fully saturated rings. The Morgan fingerprint density at radius 1 is 1.11 bits per heavy atom. The fraction of sp³-hybridized carbons (Fsp3) is 0.300. The highest BCUT2D eigenvalue weighted by Crippen LogP contribution is 2.35. The molecule has 2 aromatic carbocycles. The van der Waals surface area contributed by atoms with Crippen LogP contribution in [-0.2, 0) is 11.4 Å². The Morgan fingerprint density at radius 3 is 2.39 bits per heavy atom. The average molecular weight is 514 g/mol. The summed E-state index contributed by atoms with van der Waals surface area (Å²) in [5.74, 6) is -1.00. The number of nitrogens with one attached hydrogen (secondary N) is 2. The molecule has 0 aromatic heterocycles. The number of hydrogen-bond acceptors (Lipinski definition) is 4. The van der Waals surface area contributed by atoms with Crippen molar-refractivity contribution in [1.82, 2.24) is 5.32 Å². The zero-order valence-corrected chi connectivity index (χ0v) is 18.8. The summed E-state index contributed by atoms with van der Waals surface area (Å²) >= 11 is 6.84. The van der Waals surface area contributed by atoms with E-state index in [9.17, 15) is 9.59 Å². The molecule has 28 heavy (non-hydrogen) atoms. The molecule has 0 bridgehead atoms. The summed E-state index contributed by atoms with van der Waals surface area (Å²) in [6, 6.07) is 9.41. The molecule has 0 aliphatic rings. The minimum Gasteiger partial charge on any atom is -0.487 e. The zero-order valence-electron chi connectivity index (χ0n) is 15.6. The second-order valence-corrected chi connectivity index (χ2v) is 7.98. The molecule has 8 heteroatoms. The standard InChI is InChI=1S/C20H22Br2N2O4/c1-3-4-23-15-6-12(2)5-13(7-15)11-28-19-16(21)8-14(9-17(19)22)20(27)24-10-18(25)26/h5-9,23H,3-4,10-11H2,1-2H3,(H,24,27)(H,25,26). The van der Waals surface area contributed by atoms with E-state index in [1.807, 2.05) is 6.92 Å². The number of halogens is 2. The van der Waals surface area contributed by atoms with Gasteiger partial charge in [-0.1, -0.05) is 13.0 Å². The number of ether oxygens (including phenoxy) is 1. The van der Waals surface area contributed by atoms with Crippen molar-refractivity contribution < 1.29 is 19.4 Å². The van der Waals surface area contributed by atoms with Gasteiger partial charge in [0.15, 0.2) is 0 Å². The first-order valence-electron chi connectivity index (χ1n) is 8.76. The molecule has 0 atom stereocenters. The Kier molecular flexibility index (Phi) is 8.32. The smallest absolute Gasteiger partial charge is 0.322 e. The molecular formula is C20H22Br2N2O4. The fourth-order valence-electron chi connectivity index (χ4n) is 2.56. The monoisotopic (exact) mass is 512 g/mol. The first-order valence-corrected chi connectivity index (χ1v) is 10.3. The normalized spacial score (nSPS) is 10.4. The maximum atomic E-state index is 12.0. The minimum atomic E-state index is -1.10. The van der Waals surface area contributed by atoms with E-state index < -0.39 is 18.4 Å². The Balaban J connectivity index is 2.11. The Bertz CT molecular complexity index is 848. The lowest BCUT2D eigenvalue weighted by Crippen LogP contribution is -2.29. The maximum Gasteiger partial charge on any atom is 0.322 e. The second kappa shape index (κ2) is 10.5. The van der Waals surface area contributed by atoms with Crippen molar-refractivity contribution in [1.29, 1.82) is 0 Å². The van der Waals surface area contributed by atoms with Crippen LogP contribution in [0.2, 0.25) is 0 Å². The van der Waals surface area contributed by atoms with Gasteiger partial charge in [-0.3, -0.25) is 9.59 Å². The van der Waals surface area contributed by atoms with Crippen LogP contribution in [0, 0.1) is 6.92 Å². The number of carboxylic acids is 1. The van der Waals surface area contributed by atoms with Gasteiger partial charge in [-0.2, -0.15) is 0 Å². The molecule has 150 valence electrons. The van der Waals surface area contributed by atoms with E-state index in [2.05, 4.69) is 67.6 Å². The van der Waals surface area contributed by atoms with Gasteiger partial charge in [0.25, 0.3) is 5.91 Å². The van der Waals surface area contributed by atoms with Gasteiger partial charge in [-0.15, -0.1) is 0 Å². The van der Waals surface area contributed by atoms with Crippen molar-refractivity contribution in [2.75, 3.05) is 18.4 Å². The van der Waals surface area contributed by atoms with Gasteiger partial charge in [0.1, 0.15) is 18.9 Å². The molecule has 0 radical (unpaired) electrons. The van der Waals surface area contributed by atoms with Gasteiger partial charge in [-0.05, 0) is 80.6 Å². The number of aliphatic carboxylic acids is 1.